The molecule has 0 saturated carbocycles. The maximum Gasteiger partial charge on any atom is 0.165 e. The molecule has 0 saturated heterocycles. The van der Waals surface area contributed by atoms with Crippen LogP contribution in [0.5, 0.6) is 5.75 Å². The Kier molecular flexibility index (Phi) is 8.98. The molecular weight excluding hydrogens is 273 g/mol. The maximum absolute atomic E-state index is 13.9. The van der Waals surface area contributed by atoms with E-state index in [9.17, 15) is 4.39 Å². The Labute approximate surface area is 126 Å². The van der Waals surface area contributed by atoms with E-state index in [1.807, 2.05) is 19.9 Å². The van der Waals surface area contributed by atoms with Gasteiger partial charge >= 0.3 is 0 Å². The van der Waals surface area contributed by atoms with E-state index in [1.165, 1.54) is 6.07 Å². The molecule has 0 spiro atoms. The van der Waals surface area contributed by atoms with Crippen LogP contribution in [0, 0.1) is 5.82 Å². The van der Waals surface area contributed by atoms with Gasteiger partial charge in [-0.05, 0) is 37.6 Å². The number of methoxy groups -OCH3 is 1. The molecule has 0 aliphatic rings. The third-order valence-corrected chi connectivity index (χ3v) is 3.09. The summed E-state index contributed by atoms with van der Waals surface area (Å²) in [4.78, 5) is 0. The van der Waals surface area contributed by atoms with Gasteiger partial charge in [0.15, 0.2) is 11.6 Å². The van der Waals surface area contributed by atoms with Crippen molar-refractivity contribution in [2.75, 3.05) is 40.1 Å². The molecule has 1 aromatic carbocycles. The molecule has 0 aliphatic carbocycles. The molecule has 5 heteroatoms. The van der Waals surface area contributed by atoms with Gasteiger partial charge in [0.2, 0.25) is 0 Å². The molecule has 1 aromatic rings. The quantitative estimate of drug-likeness (QED) is 0.638. The predicted octanol–water partition coefficient (Wildman–Crippen LogP) is 2.93. The Morgan fingerprint density at radius 1 is 1.19 bits per heavy atom. The fraction of sp³-hybridized carbons (Fsp3) is 0.625. The second kappa shape index (κ2) is 10.5. The summed E-state index contributed by atoms with van der Waals surface area (Å²) in [6.45, 7) is 6.97. The van der Waals surface area contributed by atoms with E-state index in [2.05, 4.69) is 5.32 Å². The number of nitrogens with one attached hydrogen (secondary N) is 1. The van der Waals surface area contributed by atoms with E-state index in [4.69, 9.17) is 14.2 Å². The Morgan fingerprint density at radius 3 is 2.67 bits per heavy atom. The predicted molar refractivity (Wildman–Crippen MR) is 81.3 cm³/mol. The summed E-state index contributed by atoms with van der Waals surface area (Å²) in [5.41, 5.74) is 0.914. The first-order valence-electron chi connectivity index (χ1n) is 7.41. The first-order valence-corrected chi connectivity index (χ1v) is 7.41. The van der Waals surface area contributed by atoms with Crippen LogP contribution in [-0.2, 0) is 9.47 Å². The van der Waals surface area contributed by atoms with Crippen molar-refractivity contribution in [1.82, 2.24) is 5.32 Å². The molecule has 1 unspecified atom stereocenters. The summed E-state index contributed by atoms with van der Waals surface area (Å²) < 4.78 is 29.6. The number of rotatable bonds is 11. The van der Waals surface area contributed by atoms with Crippen LogP contribution in [0.1, 0.15) is 31.9 Å². The number of benzene rings is 1. The lowest BCUT2D eigenvalue weighted by atomic mass is 10.1. The second-order valence-corrected chi connectivity index (χ2v) is 4.78. The zero-order valence-electron chi connectivity index (χ0n) is 13.2. The number of hydrogen-bond acceptors (Lipinski definition) is 4. The van der Waals surface area contributed by atoms with E-state index in [1.54, 1.807) is 13.2 Å². The van der Waals surface area contributed by atoms with Gasteiger partial charge in [0.1, 0.15) is 6.61 Å². The summed E-state index contributed by atoms with van der Waals surface area (Å²) >= 11 is 0. The van der Waals surface area contributed by atoms with Crippen LogP contribution in [0.2, 0.25) is 0 Å². The minimum Gasteiger partial charge on any atom is -0.488 e. The summed E-state index contributed by atoms with van der Waals surface area (Å²) in [5.74, 6) is -0.0698. The molecule has 0 aliphatic heterocycles. The molecule has 0 fully saturated rings. The standard InChI is InChI=1S/C16H26FNO3/c1-4-18-13(2)14-6-7-16(15(17)12-14)21-11-10-20-9-5-8-19-3/h6-7,12-13,18H,4-5,8-11H2,1-3H3. The number of halogens is 1. The first kappa shape index (κ1) is 17.9. The third-order valence-electron chi connectivity index (χ3n) is 3.09. The minimum atomic E-state index is -0.336. The molecule has 21 heavy (non-hydrogen) atoms. The molecule has 1 N–H and O–H groups in total. The van der Waals surface area contributed by atoms with Crippen LogP contribution in [0.25, 0.3) is 0 Å². The largest absolute Gasteiger partial charge is 0.488 e. The smallest absolute Gasteiger partial charge is 0.165 e. The highest BCUT2D eigenvalue weighted by Crippen LogP contribution is 2.22. The SMILES string of the molecule is CCNC(C)c1ccc(OCCOCCCOC)c(F)c1. The van der Waals surface area contributed by atoms with Crippen molar-refractivity contribution in [2.45, 2.75) is 26.3 Å². The van der Waals surface area contributed by atoms with Gasteiger partial charge in [-0.2, -0.15) is 0 Å². The fourth-order valence-electron chi connectivity index (χ4n) is 1.95. The van der Waals surface area contributed by atoms with E-state index >= 15 is 0 Å². The molecule has 120 valence electrons. The first-order chi connectivity index (χ1) is 10.2. The molecule has 1 atom stereocenters. The van der Waals surface area contributed by atoms with Gasteiger partial charge in [-0.25, -0.2) is 4.39 Å². The van der Waals surface area contributed by atoms with Crippen molar-refractivity contribution in [3.05, 3.63) is 29.6 Å². The Balaban J connectivity index is 2.32. The second-order valence-electron chi connectivity index (χ2n) is 4.78. The highest BCUT2D eigenvalue weighted by molar-refractivity contribution is 5.30. The van der Waals surface area contributed by atoms with Crippen LogP contribution in [0.3, 0.4) is 0 Å². The highest BCUT2D eigenvalue weighted by atomic mass is 19.1. The molecule has 0 radical (unpaired) electrons. The monoisotopic (exact) mass is 299 g/mol. The van der Waals surface area contributed by atoms with Crippen LogP contribution in [-0.4, -0.2) is 40.1 Å². The zero-order chi connectivity index (χ0) is 15.5. The van der Waals surface area contributed by atoms with Gasteiger partial charge < -0.3 is 19.5 Å². The summed E-state index contributed by atoms with van der Waals surface area (Å²) in [6, 6.07) is 5.19. The van der Waals surface area contributed by atoms with Gasteiger partial charge in [-0.3, -0.25) is 0 Å². The number of ether oxygens (including phenoxy) is 3. The normalized spacial score (nSPS) is 12.4. The minimum absolute atomic E-state index is 0.127. The van der Waals surface area contributed by atoms with Gasteiger partial charge in [0, 0.05) is 26.4 Å². The van der Waals surface area contributed by atoms with Crippen LogP contribution in [0.4, 0.5) is 4.39 Å². The summed E-state index contributed by atoms with van der Waals surface area (Å²) in [5, 5.41) is 3.25. The Morgan fingerprint density at radius 2 is 2.00 bits per heavy atom. The van der Waals surface area contributed by atoms with Crippen molar-refractivity contribution >= 4 is 0 Å². The molecule has 1 rings (SSSR count). The third kappa shape index (κ3) is 6.89. The van der Waals surface area contributed by atoms with Crippen molar-refractivity contribution in [3.63, 3.8) is 0 Å². The lowest BCUT2D eigenvalue weighted by Crippen LogP contribution is -2.17. The van der Waals surface area contributed by atoms with E-state index in [0.717, 1.165) is 18.5 Å². The molecule has 0 aromatic heterocycles. The molecule has 0 bridgehead atoms. The van der Waals surface area contributed by atoms with E-state index < -0.39 is 0 Å². The van der Waals surface area contributed by atoms with Crippen molar-refractivity contribution in [3.8, 4) is 5.75 Å². The van der Waals surface area contributed by atoms with Gasteiger partial charge in [0.05, 0.1) is 6.61 Å². The van der Waals surface area contributed by atoms with Gasteiger partial charge in [-0.15, -0.1) is 0 Å². The maximum atomic E-state index is 13.9. The summed E-state index contributed by atoms with van der Waals surface area (Å²) in [7, 11) is 1.66. The summed E-state index contributed by atoms with van der Waals surface area (Å²) in [6.07, 6.45) is 0.849. The van der Waals surface area contributed by atoms with E-state index in [0.29, 0.717) is 26.4 Å². The molecular formula is C16H26FNO3. The fourth-order valence-corrected chi connectivity index (χ4v) is 1.95. The van der Waals surface area contributed by atoms with Crippen LogP contribution < -0.4 is 10.1 Å². The van der Waals surface area contributed by atoms with Crippen molar-refractivity contribution < 1.29 is 18.6 Å². The molecule has 0 amide bonds. The average Bonchev–Trinajstić information content (AvgIpc) is 2.48. The van der Waals surface area contributed by atoms with Crippen LogP contribution >= 0.6 is 0 Å². The van der Waals surface area contributed by atoms with Crippen molar-refractivity contribution in [1.29, 1.82) is 0 Å². The average molecular weight is 299 g/mol. The lowest BCUT2D eigenvalue weighted by Gasteiger charge is -2.14. The Hall–Kier alpha value is -1.17. The van der Waals surface area contributed by atoms with Gasteiger partial charge in [-0.1, -0.05) is 13.0 Å². The molecule has 4 nitrogen and oxygen atoms in total. The molecule has 0 heterocycles. The topological polar surface area (TPSA) is 39.7 Å². The number of hydrogen-bond donors (Lipinski definition) is 1. The van der Waals surface area contributed by atoms with Crippen molar-refractivity contribution in [2.24, 2.45) is 0 Å². The van der Waals surface area contributed by atoms with E-state index in [-0.39, 0.29) is 17.6 Å². The van der Waals surface area contributed by atoms with Crippen LogP contribution in [0.15, 0.2) is 18.2 Å². The zero-order valence-corrected chi connectivity index (χ0v) is 13.2. The highest BCUT2D eigenvalue weighted by Gasteiger charge is 2.09. The Bertz CT molecular complexity index is 401. The van der Waals surface area contributed by atoms with Gasteiger partial charge in [0.25, 0.3) is 0 Å². The lowest BCUT2D eigenvalue weighted by molar-refractivity contribution is 0.0797.